The zero-order valence-corrected chi connectivity index (χ0v) is 13.3. The Hall–Kier alpha value is -1.81. The average Bonchev–Trinajstić information content (AvgIpc) is 2.34. The SMILES string of the molecule is Cc1cc(Br)cc(C(=O)Nc2cc(C)c(C)cc2N)c1. The number of nitrogens with one attached hydrogen (secondary N) is 1. The molecule has 1 amide bonds. The molecule has 0 bridgehead atoms. The summed E-state index contributed by atoms with van der Waals surface area (Å²) in [4.78, 5) is 12.3. The van der Waals surface area contributed by atoms with Crippen LogP contribution in [0.2, 0.25) is 0 Å². The van der Waals surface area contributed by atoms with Gasteiger partial charge in [0.2, 0.25) is 0 Å². The Balaban J connectivity index is 2.30. The topological polar surface area (TPSA) is 55.1 Å². The molecular formula is C16H17BrN2O. The van der Waals surface area contributed by atoms with Gasteiger partial charge in [-0.3, -0.25) is 4.79 Å². The number of hydrogen-bond acceptors (Lipinski definition) is 2. The quantitative estimate of drug-likeness (QED) is 0.809. The summed E-state index contributed by atoms with van der Waals surface area (Å²) in [6.45, 7) is 5.94. The van der Waals surface area contributed by atoms with Crippen molar-refractivity contribution in [1.29, 1.82) is 0 Å². The van der Waals surface area contributed by atoms with E-state index in [0.29, 0.717) is 16.9 Å². The second-order valence-corrected chi connectivity index (χ2v) is 5.91. The maximum Gasteiger partial charge on any atom is 0.255 e. The molecule has 0 saturated carbocycles. The van der Waals surface area contributed by atoms with Gasteiger partial charge < -0.3 is 11.1 Å². The molecule has 0 atom stereocenters. The lowest BCUT2D eigenvalue weighted by molar-refractivity contribution is 0.102. The summed E-state index contributed by atoms with van der Waals surface area (Å²) >= 11 is 3.40. The zero-order chi connectivity index (χ0) is 14.9. The minimum absolute atomic E-state index is 0.163. The van der Waals surface area contributed by atoms with Crippen molar-refractivity contribution < 1.29 is 4.79 Å². The van der Waals surface area contributed by atoms with Crippen LogP contribution in [-0.4, -0.2) is 5.91 Å². The molecule has 3 nitrogen and oxygen atoms in total. The summed E-state index contributed by atoms with van der Waals surface area (Å²) < 4.78 is 0.885. The van der Waals surface area contributed by atoms with Crippen molar-refractivity contribution >= 4 is 33.2 Å². The van der Waals surface area contributed by atoms with Crippen molar-refractivity contribution in [2.24, 2.45) is 0 Å². The molecule has 2 rings (SSSR count). The number of aryl methyl sites for hydroxylation is 3. The molecule has 0 fully saturated rings. The Morgan fingerprint density at radius 1 is 1.05 bits per heavy atom. The summed E-state index contributed by atoms with van der Waals surface area (Å²) in [5, 5.41) is 2.86. The van der Waals surface area contributed by atoms with Gasteiger partial charge >= 0.3 is 0 Å². The lowest BCUT2D eigenvalue weighted by Crippen LogP contribution is -2.13. The van der Waals surface area contributed by atoms with E-state index in [2.05, 4.69) is 21.2 Å². The van der Waals surface area contributed by atoms with Gasteiger partial charge in [0.1, 0.15) is 0 Å². The number of carbonyl (C=O) groups is 1. The summed E-state index contributed by atoms with van der Waals surface area (Å²) in [5.41, 5.74) is 11.0. The van der Waals surface area contributed by atoms with E-state index in [-0.39, 0.29) is 5.91 Å². The lowest BCUT2D eigenvalue weighted by atomic mass is 10.1. The number of benzene rings is 2. The molecule has 4 heteroatoms. The van der Waals surface area contributed by atoms with Gasteiger partial charge in [-0.2, -0.15) is 0 Å². The number of rotatable bonds is 2. The highest BCUT2D eigenvalue weighted by molar-refractivity contribution is 9.10. The van der Waals surface area contributed by atoms with Gasteiger partial charge in [0.15, 0.2) is 0 Å². The fraction of sp³-hybridized carbons (Fsp3) is 0.188. The Labute approximate surface area is 127 Å². The zero-order valence-electron chi connectivity index (χ0n) is 11.8. The van der Waals surface area contributed by atoms with Crippen LogP contribution in [0.3, 0.4) is 0 Å². The van der Waals surface area contributed by atoms with Crippen LogP contribution in [0.1, 0.15) is 27.0 Å². The highest BCUT2D eigenvalue weighted by Gasteiger charge is 2.10. The molecule has 0 radical (unpaired) electrons. The molecule has 3 N–H and O–H groups in total. The second kappa shape index (κ2) is 5.67. The van der Waals surface area contributed by atoms with E-state index < -0.39 is 0 Å². The smallest absolute Gasteiger partial charge is 0.255 e. The van der Waals surface area contributed by atoms with Gasteiger partial charge in [0.25, 0.3) is 5.91 Å². The van der Waals surface area contributed by atoms with Crippen LogP contribution in [-0.2, 0) is 0 Å². The van der Waals surface area contributed by atoms with Gasteiger partial charge in [0.05, 0.1) is 11.4 Å². The number of halogens is 1. The minimum atomic E-state index is -0.163. The molecule has 2 aromatic carbocycles. The standard InChI is InChI=1S/C16H17BrN2O/c1-9-4-12(8-13(17)5-9)16(20)19-15-7-11(3)10(2)6-14(15)18/h4-8H,18H2,1-3H3,(H,19,20). The second-order valence-electron chi connectivity index (χ2n) is 5.00. The first-order valence-electron chi connectivity index (χ1n) is 6.32. The predicted octanol–water partition coefficient (Wildman–Crippen LogP) is 4.21. The largest absolute Gasteiger partial charge is 0.397 e. The van der Waals surface area contributed by atoms with E-state index in [0.717, 1.165) is 21.2 Å². The normalized spacial score (nSPS) is 10.4. The van der Waals surface area contributed by atoms with Crippen LogP contribution in [0.4, 0.5) is 11.4 Å². The first-order valence-corrected chi connectivity index (χ1v) is 7.11. The first kappa shape index (κ1) is 14.6. The van der Waals surface area contributed by atoms with Crippen LogP contribution in [0.5, 0.6) is 0 Å². The van der Waals surface area contributed by atoms with Gasteiger partial charge in [0, 0.05) is 10.0 Å². The van der Waals surface area contributed by atoms with E-state index in [1.165, 1.54) is 0 Å². The van der Waals surface area contributed by atoms with Gasteiger partial charge in [-0.1, -0.05) is 15.9 Å². The van der Waals surface area contributed by atoms with Crippen molar-refractivity contribution in [3.63, 3.8) is 0 Å². The molecule has 0 unspecified atom stereocenters. The number of amides is 1. The molecule has 0 spiro atoms. The summed E-state index contributed by atoms with van der Waals surface area (Å²) in [6, 6.07) is 9.36. The number of carbonyl (C=O) groups excluding carboxylic acids is 1. The van der Waals surface area contributed by atoms with E-state index in [1.807, 2.05) is 45.0 Å². The van der Waals surface area contributed by atoms with Crippen LogP contribution < -0.4 is 11.1 Å². The monoisotopic (exact) mass is 332 g/mol. The summed E-state index contributed by atoms with van der Waals surface area (Å²) in [6.07, 6.45) is 0. The highest BCUT2D eigenvalue weighted by atomic mass is 79.9. The third-order valence-corrected chi connectivity index (χ3v) is 3.68. The maximum atomic E-state index is 12.3. The molecule has 0 aliphatic heterocycles. The van der Waals surface area contributed by atoms with Crippen LogP contribution in [0, 0.1) is 20.8 Å². The third-order valence-electron chi connectivity index (χ3n) is 3.22. The van der Waals surface area contributed by atoms with Crippen molar-refractivity contribution in [2.45, 2.75) is 20.8 Å². The Bertz CT molecular complexity index is 660. The van der Waals surface area contributed by atoms with Crippen molar-refractivity contribution in [3.8, 4) is 0 Å². The molecule has 0 aliphatic rings. The van der Waals surface area contributed by atoms with Gasteiger partial charge in [-0.15, -0.1) is 0 Å². The Kier molecular flexibility index (Phi) is 4.14. The van der Waals surface area contributed by atoms with E-state index in [1.54, 1.807) is 6.07 Å². The summed E-state index contributed by atoms with van der Waals surface area (Å²) in [5.74, 6) is -0.163. The molecule has 20 heavy (non-hydrogen) atoms. The van der Waals surface area contributed by atoms with E-state index in [9.17, 15) is 4.79 Å². The lowest BCUT2D eigenvalue weighted by Gasteiger charge is -2.11. The van der Waals surface area contributed by atoms with Crippen LogP contribution >= 0.6 is 15.9 Å². The Morgan fingerprint density at radius 3 is 2.35 bits per heavy atom. The van der Waals surface area contributed by atoms with Crippen LogP contribution in [0.15, 0.2) is 34.8 Å². The Morgan fingerprint density at radius 2 is 1.70 bits per heavy atom. The number of nitrogens with two attached hydrogens (primary N) is 1. The molecule has 0 heterocycles. The van der Waals surface area contributed by atoms with Crippen molar-refractivity contribution in [2.75, 3.05) is 11.1 Å². The van der Waals surface area contributed by atoms with Crippen molar-refractivity contribution in [3.05, 3.63) is 57.1 Å². The van der Waals surface area contributed by atoms with E-state index in [4.69, 9.17) is 5.73 Å². The highest BCUT2D eigenvalue weighted by Crippen LogP contribution is 2.24. The summed E-state index contributed by atoms with van der Waals surface area (Å²) in [7, 11) is 0. The molecule has 0 aromatic heterocycles. The molecule has 0 aliphatic carbocycles. The van der Waals surface area contributed by atoms with Crippen molar-refractivity contribution in [1.82, 2.24) is 0 Å². The fourth-order valence-corrected chi connectivity index (χ4v) is 2.62. The number of anilines is 2. The third kappa shape index (κ3) is 3.20. The molecule has 0 saturated heterocycles. The fourth-order valence-electron chi connectivity index (χ4n) is 2.01. The average molecular weight is 333 g/mol. The molecular weight excluding hydrogens is 316 g/mol. The van der Waals surface area contributed by atoms with Gasteiger partial charge in [-0.05, 0) is 67.8 Å². The number of nitrogen functional groups attached to an aromatic ring is 1. The maximum absolute atomic E-state index is 12.3. The minimum Gasteiger partial charge on any atom is -0.397 e. The molecule has 2 aromatic rings. The van der Waals surface area contributed by atoms with Crippen LogP contribution in [0.25, 0.3) is 0 Å². The number of hydrogen-bond donors (Lipinski definition) is 2. The molecule has 104 valence electrons. The van der Waals surface area contributed by atoms with Gasteiger partial charge in [-0.25, -0.2) is 0 Å². The van der Waals surface area contributed by atoms with E-state index >= 15 is 0 Å². The predicted molar refractivity (Wildman–Crippen MR) is 87.2 cm³/mol. The first-order chi connectivity index (χ1) is 9.36.